The van der Waals surface area contributed by atoms with Gasteiger partial charge in [0.05, 0.1) is 0 Å². The molecule has 0 bridgehead atoms. The van der Waals surface area contributed by atoms with Crippen molar-refractivity contribution < 1.29 is 13.6 Å². The molecular weight excluding hydrogens is 480 g/mol. The summed E-state index contributed by atoms with van der Waals surface area (Å²) in [6.45, 7) is 7.48. The maximum absolute atomic E-state index is 13.9. The van der Waals surface area contributed by atoms with E-state index < -0.39 is 0 Å². The number of rotatable bonds is 6. The Labute approximate surface area is 218 Å². The van der Waals surface area contributed by atoms with E-state index in [1.807, 2.05) is 88.4 Å². The van der Waals surface area contributed by atoms with Gasteiger partial charge in [0.2, 0.25) is 11.8 Å². The molecule has 9 nitrogen and oxygen atoms in total. The minimum Gasteiger partial charge on any atom is -0.415 e. The van der Waals surface area contributed by atoms with E-state index in [1.54, 1.807) is 0 Å². The lowest BCUT2D eigenvalue weighted by atomic mass is 9.96. The van der Waals surface area contributed by atoms with Gasteiger partial charge in [0, 0.05) is 33.6 Å². The number of aromatic amines is 2. The highest BCUT2D eigenvalue weighted by Crippen LogP contribution is 2.34. The van der Waals surface area contributed by atoms with E-state index in [0.29, 0.717) is 57.5 Å². The van der Waals surface area contributed by atoms with Crippen molar-refractivity contribution >= 4 is 5.78 Å². The summed E-state index contributed by atoms with van der Waals surface area (Å²) in [5.74, 6) is 1.36. The summed E-state index contributed by atoms with van der Waals surface area (Å²) < 4.78 is 11.9. The van der Waals surface area contributed by atoms with Crippen LogP contribution in [0.25, 0.3) is 46.1 Å². The maximum Gasteiger partial charge on any atom is 0.264 e. The number of hydrogen-bond donors (Lipinski definition) is 2. The lowest BCUT2D eigenvalue weighted by Crippen LogP contribution is -2.06. The Morgan fingerprint density at radius 2 is 0.947 bits per heavy atom. The summed E-state index contributed by atoms with van der Waals surface area (Å²) in [5.41, 5.74) is 6.92. The molecule has 6 rings (SSSR count). The summed E-state index contributed by atoms with van der Waals surface area (Å²) in [4.78, 5) is 20.4. The zero-order chi connectivity index (χ0) is 26.4. The molecule has 0 saturated heterocycles. The van der Waals surface area contributed by atoms with Gasteiger partial charge in [-0.2, -0.15) is 0 Å². The topological polar surface area (TPSA) is 126 Å². The van der Waals surface area contributed by atoms with E-state index in [4.69, 9.17) is 8.83 Å². The lowest BCUT2D eigenvalue weighted by molar-refractivity contribution is 0.103. The third-order valence-electron chi connectivity index (χ3n) is 6.65. The Kier molecular flexibility index (Phi) is 5.60. The number of carbonyl (C=O) groups excluding carboxylic acids is 1. The SMILES string of the molecule is Cc1[nH]c(-c2nnc(-c3ccccc3)o2)c(C)c1C(=O)c1c(C)[nH]c(-c2nnc(-c3ccccc3)o2)c1C. The molecule has 0 spiro atoms. The third-order valence-corrected chi connectivity index (χ3v) is 6.65. The monoisotopic (exact) mass is 504 g/mol. The van der Waals surface area contributed by atoms with Crippen LogP contribution in [-0.4, -0.2) is 36.1 Å². The highest BCUT2D eigenvalue weighted by molar-refractivity contribution is 6.13. The van der Waals surface area contributed by atoms with Crippen molar-refractivity contribution in [3.05, 3.63) is 94.3 Å². The summed E-state index contributed by atoms with van der Waals surface area (Å²) in [6, 6.07) is 19.1. The van der Waals surface area contributed by atoms with Crippen LogP contribution in [0.3, 0.4) is 0 Å². The van der Waals surface area contributed by atoms with E-state index in [1.165, 1.54) is 0 Å². The summed E-state index contributed by atoms with van der Waals surface area (Å²) in [7, 11) is 0. The van der Waals surface area contributed by atoms with Crippen molar-refractivity contribution in [1.29, 1.82) is 0 Å². The third kappa shape index (κ3) is 3.85. The number of nitrogens with one attached hydrogen (secondary N) is 2. The molecule has 4 aromatic heterocycles. The van der Waals surface area contributed by atoms with Gasteiger partial charge in [0.15, 0.2) is 5.78 Å². The first kappa shape index (κ1) is 23.4. The van der Waals surface area contributed by atoms with Crippen LogP contribution >= 0.6 is 0 Å². The molecule has 0 aliphatic rings. The second-order valence-electron chi connectivity index (χ2n) is 9.14. The molecule has 0 unspecified atom stereocenters. The Morgan fingerprint density at radius 1 is 0.579 bits per heavy atom. The van der Waals surface area contributed by atoms with Crippen LogP contribution in [0.5, 0.6) is 0 Å². The molecule has 0 atom stereocenters. The quantitative estimate of drug-likeness (QED) is 0.257. The van der Waals surface area contributed by atoms with Crippen LogP contribution in [0.1, 0.15) is 38.4 Å². The fraction of sp³-hybridized carbons (Fsp3) is 0.138. The van der Waals surface area contributed by atoms with Crippen LogP contribution in [0.4, 0.5) is 0 Å². The number of aromatic nitrogens is 6. The van der Waals surface area contributed by atoms with Gasteiger partial charge in [0.1, 0.15) is 11.4 Å². The van der Waals surface area contributed by atoms with E-state index in [-0.39, 0.29) is 5.78 Å². The molecule has 38 heavy (non-hydrogen) atoms. The highest BCUT2D eigenvalue weighted by atomic mass is 16.4. The average Bonchev–Trinajstić information content (AvgIpc) is 3.71. The summed E-state index contributed by atoms with van der Waals surface area (Å²) >= 11 is 0. The molecule has 4 heterocycles. The number of nitrogens with zero attached hydrogens (tertiary/aromatic N) is 4. The van der Waals surface area contributed by atoms with Gasteiger partial charge in [-0.25, -0.2) is 0 Å². The van der Waals surface area contributed by atoms with Crippen LogP contribution in [0, 0.1) is 27.7 Å². The molecule has 0 amide bonds. The first-order chi connectivity index (χ1) is 18.4. The van der Waals surface area contributed by atoms with Gasteiger partial charge >= 0.3 is 0 Å². The van der Waals surface area contributed by atoms with Crippen molar-refractivity contribution in [3.8, 4) is 46.1 Å². The van der Waals surface area contributed by atoms with Gasteiger partial charge < -0.3 is 18.8 Å². The van der Waals surface area contributed by atoms with Crippen molar-refractivity contribution in [3.63, 3.8) is 0 Å². The summed E-state index contributed by atoms with van der Waals surface area (Å²) in [6.07, 6.45) is 0. The molecule has 2 aromatic carbocycles. The zero-order valence-corrected chi connectivity index (χ0v) is 21.3. The van der Waals surface area contributed by atoms with Gasteiger partial charge in [-0.15, -0.1) is 20.4 Å². The second-order valence-corrected chi connectivity index (χ2v) is 9.14. The standard InChI is InChI=1S/C29H24N6O3/c1-15-21(17(3)30-23(15)28-34-32-26(37-28)19-11-7-5-8-12-19)25(36)22-16(2)24(31-18(22)4)29-35-33-27(38-29)20-13-9-6-10-14-20/h5-14,30-31H,1-4H3. The fourth-order valence-electron chi connectivity index (χ4n) is 4.78. The normalized spacial score (nSPS) is 11.3. The van der Waals surface area contributed by atoms with Crippen molar-refractivity contribution in [2.24, 2.45) is 0 Å². The van der Waals surface area contributed by atoms with E-state index in [9.17, 15) is 4.79 Å². The van der Waals surface area contributed by atoms with Gasteiger partial charge in [0.25, 0.3) is 11.8 Å². The molecule has 0 aliphatic heterocycles. The summed E-state index contributed by atoms with van der Waals surface area (Å²) in [5, 5.41) is 16.8. The zero-order valence-electron chi connectivity index (χ0n) is 21.3. The highest BCUT2D eigenvalue weighted by Gasteiger charge is 2.28. The van der Waals surface area contributed by atoms with Gasteiger partial charge in [-0.3, -0.25) is 4.79 Å². The largest absolute Gasteiger partial charge is 0.415 e. The Hall–Kier alpha value is -5.05. The van der Waals surface area contributed by atoms with E-state index in [0.717, 1.165) is 22.3 Å². The minimum atomic E-state index is -0.120. The number of aryl methyl sites for hydroxylation is 2. The first-order valence-electron chi connectivity index (χ1n) is 12.1. The number of H-pyrrole nitrogens is 2. The van der Waals surface area contributed by atoms with Crippen LogP contribution in [0.2, 0.25) is 0 Å². The molecule has 0 saturated carbocycles. The van der Waals surface area contributed by atoms with Crippen LogP contribution < -0.4 is 0 Å². The van der Waals surface area contributed by atoms with Crippen molar-refractivity contribution in [2.75, 3.05) is 0 Å². The average molecular weight is 505 g/mol. The number of carbonyl (C=O) groups is 1. The molecule has 0 radical (unpaired) electrons. The molecule has 9 heteroatoms. The Balaban J connectivity index is 1.35. The van der Waals surface area contributed by atoms with Crippen LogP contribution in [-0.2, 0) is 0 Å². The fourth-order valence-corrected chi connectivity index (χ4v) is 4.78. The first-order valence-corrected chi connectivity index (χ1v) is 12.1. The van der Waals surface area contributed by atoms with E-state index in [2.05, 4.69) is 30.4 Å². The molecule has 2 N–H and O–H groups in total. The lowest BCUT2D eigenvalue weighted by Gasteiger charge is -2.04. The number of benzene rings is 2. The van der Waals surface area contributed by atoms with E-state index >= 15 is 0 Å². The van der Waals surface area contributed by atoms with Crippen molar-refractivity contribution in [2.45, 2.75) is 27.7 Å². The molecule has 6 aromatic rings. The van der Waals surface area contributed by atoms with Gasteiger partial charge in [-0.1, -0.05) is 36.4 Å². The minimum absolute atomic E-state index is 0.120. The van der Waals surface area contributed by atoms with Crippen LogP contribution in [0.15, 0.2) is 69.5 Å². The predicted molar refractivity (Wildman–Crippen MR) is 141 cm³/mol. The maximum atomic E-state index is 13.9. The Morgan fingerprint density at radius 3 is 1.34 bits per heavy atom. The molecular formula is C29H24N6O3. The van der Waals surface area contributed by atoms with Crippen molar-refractivity contribution in [1.82, 2.24) is 30.4 Å². The number of hydrogen-bond acceptors (Lipinski definition) is 7. The molecule has 188 valence electrons. The second kappa shape index (κ2) is 9.11. The number of ketones is 1. The Bertz CT molecular complexity index is 1640. The smallest absolute Gasteiger partial charge is 0.264 e. The molecule has 0 aliphatic carbocycles. The predicted octanol–water partition coefficient (Wildman–Crippen LogP) is 6.24. The van der Waals surface area contributed by atoms with Gasteiger partial charge in [-0.05, 0) is 63.1 Å². The molecule has 0 fully saturated rings.